The van der Waals surface area contributed by atoms with Crippen molar-refractivity contribution in [2.75, 3.05) is 26.7 Å². The Balaban J connectivity index is 1.39. The molecule has 1 aliphatic heterocycles. The number of pyridine rings is 1. The van der Waals surface area contributed by atoms with Crippen molar-refractivity contribution in [2.45, 2.75) is 85.3 Å². The summed E-state index contributed by atoms with van der Waals surface area (Å²) in [6, 6.07) is 20.1. The van der Waals surface area contributed by atoms with Crippen LogP contribution in [0.5, 0.6) is 0 Å². The van der Waals surface area contributed by atoms with E-state index in [-0.39, 0.29) is 37.4 Å². The van der Waals surface area contributed by atoms with Gasteiger partial charge in [0.2, 0.25) is 5.91 Å². The van der Waals surface area contributed by atoms with E-state index in [2.05, 4.69) is 26.0 Å². The average molecular weight is 813 g/mol. The first kappa shape index (κ1) is 43.7. The molecule has 0 bridgehead atoms. The monoisotopic (exact) mass is 812 g/mol. The fourth-order valence-corrected chi connectivity index (χ4v) is 7.62. The molecule has 0 radical (unpaired) electrons. The number of amides is 5. The van der Waals surface area contributed by atoms with Crippen LogP contribution in [-0.2, 0) is 33.8 Å². The van der Waals surface area contributed by atoms with Crippen LogP contribution in [0.2, 0.25) is 0 Å². The first-order chi connectivity index (χ1) is 27.6. The van der Waals surface area contributed by atoms with Gasteiger partial charge in [0, 0.05) is 43.3 Å². The van der Waals surface area contributed by atoms with Gasteiger partial charge >= 0.3 is 12.1 Å². The maximum absolute atomic E-state index is 14.3. The van der Waals surface area contributed by atoms with Gasteiger partial charge in [-0.2, -0.15) is 0 Å². The minimum Gasteiger partial charge on any atom is -0.453 e. The van der Waals surface area contributed by atoms with Crippen molar-refractivity contribution in [3.8, 4) is 11.3 Å². The first-order valence-electron chi connectivity index (χ1n) is 19.5. The lowest BCUT2D eigenvalue weighted by atomic mass is 9.86. The Morgan fingerprint density at radius 3 is 2.26 bits per heavy atom. The summed E-state index contributed by atoms with van der Waals surface area (Å²) in [5, 5.41) is 22.3. The molecule has 58 heavy (non-hydrogen) atoms. The smallest absolute Gasteiger partial charge is 0.407 e. The number of hydrogen-bond donors (Lipinski definition) is 4. The molecule has 4 N–H and O–H groups in total. The second kappa shape index (κ2) is 19.9. The molecule has 4 aromatic rings. The van der Waals surface area contributed by atoms with Crippen LogP contribution in [-0.4, -0.2) is 105 Å². The molecule has 2 aromatic carbocycles. The number of aliphatic hydroxyl groups excluding tert-OH is 1. The standard InChI is InChI=1S/C43H56N8O6S/c1-28(2)37(51-22-21-49(42(51)56)25-33-27-58-29(3)45-33)39(53)46-35(23-30-13-9-8-10-14-30)36(52)26-50(48-40(54)38(43(4,5)6)47-41(55)57-7)24-31-16-18-32(19-17-31)34-15-11-12-20-44-34/h8-20,27-28,35-38,52H,21-26H2,1-7H3,(H,46,53)(H,47,55)(H,48,54)/t35-,36-,37-,38+/m0/s1. The van der Waals surface area contributed by atoms with Gasteiger partial charge in [0.15, 0.2) is 0 Å². The zero-order valence-corrected chi connectivity index (χ0v) is 35.2. The molecule has 0 unspecified atom stereocenters. The maximum atomic E-state index is 14.3. The van der Waals surface area contributed by atoms with E-state index in [1.807, 2.05) is 120 Å². The summed E-state index contributed by atoms with van der Waals surface area (Å²) < 4.78 is 4.82. The summed E-state index contributed by atoms with van der Waals surface area (Å²) in [6.45, 7) is 12.5. The molecule has 15 heteroatoms. The number of rotatable bonds is 17. The molecule has 14 nitrogen and oxygen atoms in total. The van der Waals surface area contributed by atoms with Gasteiger partial charge in [-0.3, -0.25) is 20.0 Å². The Morgan fingerprint density at radius 2 is 1.66 bits per heavy atom. The van der Waals surface area contributed by atoms with E-state index in [4.69, 9.17) is 4.74 Å². The van der Waals surface area contributed by atoms with Gasteiger partial charge in [0.1, 0.15) is 12.1 Å². The minimum atomic E-state index is -1.20. The van der Waals surface area contributed by atoms with E-state index in [1.165, 1.54) is 18.4 Å². The Kier molecular flexibility index (Phi) is 15.0. The number of urea groups is 1. The molecule has 5 amide bonds. The van der Waals surface area contributed by atoms with Gasteiger partial charge in [-0.1, -0.05) is 95.3 Å². The van der Waals surface area contributed by atoms with Crippen molar-refractivity contribution in [1.82, 2.24) is 40.8 Å². The third kappa shape index (κ3) is 11.8. The summed E-state index contributed by atoms with van der Waals surface area (Å²) >= 11 is 1.53. The first-order valence-corrected chi connectivity index (χ1v) is 20.4. The highest BCUT2D eigenvalue weighted by molar-refractivity contribution is 7.09. The number of carbonyl (C=O) groups is 4. The van der Waals surface area contributed by atoms with Gasteiger partial charge in [0.05, 0.1) is 42.2 Å². The normalized spacial score (nSPS) is 15.2. The Labute approximate surface area is 345 Å². The van der Waals surface area contributed by atoms with E-state index in [0.717, 1.165) is 33.1 Å². The molecule has 0 aliphatic carbocycles. The highest BCUT2D eigenvalue weighted by Gasteiger charge is 2.41. The summed E-state index contributed by atoms with van der Waals surface area (Å²) in [5.74, 6) is -1.13. The molecule has 1 saturated heterocycles. The van der Waals surface area contributed by atoms with E-state index >= 15 is 0 Å². The van der Waals surface area contributed by atoms with Gasteiger partial charge < -0.3 is 30.3 Å². The van der Waals surface area contributed by atoms with Gasteiger partial charge in [0.25, 0.3) is 5.91 Å². The highest BCUT2D eigenvalue weighted by atomic mass is 32.1. The molecule has 2 aromatic heterocycles. The number of aryl methyl sites for hydroxylation is 1. The van der Waals surface area contributed by atoms with Crippen molar-refractivity contribution < 1.29 is 29.0 Å². The van der Waals surface area contributed by atoms with Crippen LogP contribution in [0.3, 0.4) is 0 Å². The number of carbonyl (C=O) groups excluding carboxylic acids is 4. The SMILES string of the molecule is COC(=O)N[C@H](C(=O)NN(Cc1ccc(-c2ccccn2)cc1)C[C@H](O)[C@H](Cc1ccccc1)NC(=O)[C@H](C(C)C)N1CCN(Cc2csc(C)n2)C1=O)C(C)(C)C. The van der Waals surface area contributed by atoms with Crippen molar-refractivity contribution in [3.05, 3.63) is 106 Å². The zero-order valence-electron chi connectivity index (χ0n) is 34.3. The Bertz CT molecular complexity index is 1970. The topological polar surface area (TPSA) is 169 Å². The van der Waals surface area contributed by atoms with Crippen molar-refractivity contribution in [2.24, 2.45) is 11.3 Å². The predicted octanol–water partition coefficient (Wildman–Crippen LogP) is 5.17. The molecule has 1 fully saturated rings. The van der Waals surface area contributed by atoms with Crippen molar-refractivity contribution in [3.63, 3.8) is 0 Å². The molecule has 4 atom stereocenters. The Hall–Kier alpha value is -5.38. The molecular weight excluding hydrogens is 757 g/mol. The summed E-state index contributed by atoms with van der Waals surface area (Å²) in [6.07, 6.45) is 0.0452. The van der Waals surface area contributed by atoms with Crippen LogP contribution in [0.15, 0.2) is 84.4 Å². The number of alkyl carbamates (subject to hydrolysis) is 1. The fourth-order valence-electron chi connectivity index (χ4n) is 7.02. The van der Waals surface area contributed by atoms with Crippen LogP contribution in [0.4, 0.5) is 9.59 Å². The molecule has 0 saturated carbocycles. The number of hydrazine groups is 1. The summed E-state index contributed by atoms with van der Waals surface area (Å²) in [5.41, 5.74) is 6.49. The third-order valence-corrected chi connectivity index (χ3v) is 10.8. The molecule has 3 heterocycles. The van der Waals surface area contributed by atoms with E-state index < -0.39 is 41.6 Å². The lowest BCUT2D eigenvalue weighted by Crippen LogP contribution is -2.60. The number of aromatic nitrogens is 2. The molecule has 310 valence electrons. The maximum Gasteiger partial charge on any atom is 0.407 e. The molecular formula is C43H56N8O6S. The summed E-state index contributed by atoms with van der Waals surface area (Å²) in [7, 11) is 1.23. The van der Waals surface area contributed by atoms with Crippen LogP contribution >= 0.6 is 11.3 Å². The zero-order chi connectivity index (χ0) is 42.0. The van der Waals surface area contributed by atoms with Crippen molar-refractivity contribution in [1.29, 1.82) is 0 Å². The fraction of sp³-hybridized carbons (Fsp3) is 0.442. The lowest BCUT2D eigenvalue weighted by Gasteiger charge is -2.35. The van der Waals surface area contributed by atoms with Crippen LogP contribution in [0.1, 0.15) is 56.4 Å². The number of thiazole rings is 1. The third-order valence-electron chi connectivity index (χ3n) is 10.0. The van der Waals surface area contributed by atoms with E-state index in [0.29, 0.717) is 19.6 Å². The van der Waals surface area contributed by atoms with Gasteiger partial charge in [-0.05, 0) is 47.9 Å². The minimum absolute atomic E-state index is 0.101. The number of ether oxygens (including phenoxy) is 1. The number of hydrogen-bond acceptors (Lipinski definition) is 10. The largest absolute Gasteiger partial charge is 0.453 e. The lowest BCUT2D eigenvalue weighted by molar-refractivity contribution is -0.132. The van der Waals surface area contributed by atoms with Crippen LogP contribution < -0.4 is 16.1 Å². The molecule has 1 aliphatic rings. The number of aliphatic hydroxyl groups is 1. The van der Waals surface area contributed by atoms with Crippen LogP contribution in [0.25, 0.3) is 11.3 Å². The second-order valence-corrected chi connectivity index (χ2v) is 17.1. The predicted molar refractivity (Wildman–Crippen MR) is 223 cm³/mol. The molecule has 5 rings (SSSR count). The summed E-state index contributed by atoms with van der Waals surface area (Å²) in [4.78, 5) is 66.6. The number of nitrogens with zero attached hydrogens (tertiary/aromatic N) is 5. The van der Waals surface area contributed by atoms with Crippen LogP contribution in [0, 0.1) is 18.3 Å². The van der Waals surface area contributed by atoms with Gasteiger partial charge in [-0.15, -0.1) is 11.3 Å². The van der Waals surface area contributed by atoms with Crippen molar-refractivity contribution >= 4 is 35.3 Å². The van der Waals surface area contributed by atoms with E-state index in [1.54, 1.807) is 21.0 Å². The van der Waals surface area contributed by atoms with E-state index in [9.17, 15) is 24.3 Å². The Morgan fingerprint density at radius 1 is 0.948 bits per heavy atom. The number of benzene rings is 2. The average Bonchev–Trinajstić information content (AvgIpc) is 3.77. The molecule has 0 spiro atoms. The number of methoxy groups -OCH3 is 1. The quantitative estimate of drug-likeness (QED) is 0.105. The number of nitrogens with one attached hydrogen (secondary N) is 3. The second-order valence-electron chi connectivity index (χ2n) is 16.0. The van der Waals surface area contributed by atoms with Gasteiger partial charge in [-0.25, -0.2) is 19.6 Å². The highest BCUT2D eigenvalue weighted by Crippen LogP contribution is 2.24.